The molecule has 0 saturated heterocycles. The Morgan fingerprint density at radius 1 is 1.53 bits per heavy atom. The topological polar surface area (TPSA) is 92.8 Å². The molecule has 0 heterocycles. The number of aliphatic hydroxyl groups excluding tert-OH is 2. The number of rotatable bonds is 6. The summed E-state index contributed by atoms with van der Waals surface area (Å²) in [6, 6.07) is 4.84. The van der Waals surface area contributed by atoms with Crippen LogP contribution in [-0.4, -0.2) is 34.9 Å². The van der Waals surface area contributed by atoms with Crippen LogP contribution in [0.2, 0.25) is 0 Å². The summed E-state index contributed by atoms with van der Waals surface area (Å²) in [4.78, 5) is 9.73. The molecule has 7 heteroatoms. The van der Waals surface area contributed by atoms with Crippen molar-refractivity contribution in [3.8, 4) is 5.75 Å². The smallest absolute Gasteiger partial charge is 0.233 e. The van der Waals surface area contributed by atoms with Gasteiger partial charge in [0.05, 0.1) is 11.1 Å². The first kappa shape index (κ1) is 13.9. The van der Waals surface area contributed by atoms with E-state index in [9.17, 15) is 15.2 Å². The first-order valence-electron chi connectivity index (χ1n) is 4.88. The monoisotopic (exact) mass is 305 g/mol. The van der Waals surface area contributed by atoms with Crippen molar-refractivity contribution >= 4 is 15.9 Å². The molecule has 6 nitrogen and oxygen atoms in total. The zero-order valence-corrected chi connectivity index (χ0v) is 10.5. The molecule has 94 valence electrons. The van der Waals surface area contributed by atoms with Gasteiger partial charge in [0.15, 0.2) is 0 Å². The standard InChI is InChI=1S/C10H12BrNO5/c11-10-7(8(14)6-12(15)16)2-1-3-9(10)17-5-4-13/h1-3,8,13-14H,4-6H2. The summed E-state index contributed by atoms with van der Waals surface area (Å²) in [5.41, 5.74) is 0.386. The molecule has 0 spiro atoms. The molecule has 0 aliphatic rings. The van der Waals surface area contributed by atoms with Crippen LogP contribution in [0.1, 0.15) is 11.7 Å². The maximum Gasteiger partial charge on any atom is 0.233 e. The predicted molar refractivity (Wildman–Crippen MR) is 63.5 cm³/mol. The molecule has 0 aliphatic heterocycles. The molecular formula is C10H12BrNO5. The fraction of sp³-hybridized carbons (Fsp3) is 0.400. The second-order valence-corrected chi connectivity index (χ2v) is 4.06. The normalized spacial score (nSPS) is 12.2. The van der Waals surface area contributed by atoms with Gasteiger partial charge in [-0.1, -0.05) is 12.1 Å². The molecule has 1 aromatic rings. The second kappa shape index (κ2) is 6.53. The maximum absolute atomic E-state index is 10.3. The minimum atomic E-state index is -1.20. The van der Waals surface area contributed by atoms with E-state index in [0.717, 1.165) is 0 Å². The van der Waals surface area contributed by atoms with Crippen LogP contribution >= 0.6 is 15.9 Å². The molecular weight excluding hydrogens is 294 g/mol. The quantitative estimate of drug-likeness (QED) is 0.607. The second-order valence-electron chi connectivity index (χ2n) is 3.26. The summed E-state index contributed by atoms with van der Waals surface area (Å²) < 4.78 is 5.66. The van der Waals surface area contributed by atoms with Crippen molar-refractivity contribution in [2.45, 2.75) is 6.10 Å². The number of ether oxygens (including phenoxy) is 1. The van der Waals surface area contributed by atoms with Crippen molar-refractivity contribution in [1.82, 2.24) is 0 Å². The van der Waals surface area contributed by atoms with Crippen LogP contribution < -0.4 is 4.74 Å². The average Bonchev–Trinajstić information content (AvgIpc) is 2.26. The van der Waals surface area contributed by atoms with Gasteiger partial charge in [0, 0.05) is 10.5 Å². The third-order valence-corrected chi connectivity index (χ3v) is 2.87. The lowest BCUT2D eigenvalue weighted by Crippen LogP contribution is -2.13. The molecule has 0 bridgehead atoms. The predicted octanol–water partition coefficient (Wildman–Crippen LogP) is 1.13. The molecule has 1 aromatic carbocycles. The van der Waals surface area contributed by atoms with Gasteiger partial charge < -0.3 is 14.9 Å². The Hall–Kier alpha value is -1.18. The Labute approximate surface area is 106 Å². The highest BCUT2D eigenvalue weighted by Crippen LogP contribution is 2.32. The van der Waals surface area contributed by atoms with Gasteiger partial charge >= 0.3 is 0 Å². The van der Waals surface area contributed by atoms with Crippen LogP contribution in [0.5, 0.6) is 5.75 Å². The third-order valence-electron chi connectivity index (χ3n) is 2.02. The number of benzene rings is 1. The molecule has 1 rings (SSSR count). The minimum Gasteiger partial charge on any atom is -0.490 e. The minimum absolute atomic E-state index is 0.118. The van der Waals surface area contributed by atoms with Crippen LogP contribution in [0, 0.1) is 10.1 Å². The molecule has 17 heavy (non-hydrogen) atoms. The van der Waals surface area contributed by atoms with Crippen LogP contribution in [0.4, 0.5) is 0 Å². The molecule has 0 fully saturated rings. The van der Waals surface area contributed by atoms with Crippen LogP contribution in [0.25, 0.3) is 0 Å². The number of aliphatic hydroxyl groups is 2. The fourth-order valence-corrected chi connectivity index (χ4v) is 1.93. The van der Waals surface area contributed by atoms with Gasteiger partial charge in [0.25, 0.3) is 0 Å². The molecule has 1 unspecified atom stereocenters. The van der Waals surface area contributed by atoms with Crippen molar-refractivity contribution in [2.75, 3.05) is 19.8 Å². The van der Waals surface area contributed by atoms with Gasteiger partial charge in [-0.3, -0.25) is 10.1 Å². The number of nitro groups is 1. The van der Waals surface area contributed by atoms with E-state index in [4.69, 9.17) is 9.84 Å². The highest BCUT2D eigenvalue weighted by molar-refractivity contribution is 9.10. The van der Waals surface area contributed by atoms with E-state index in [1.165, 1.54) is 0 Å². The fourth-order valence-electron chi connectivity index (χ4n) is 1.29. The number of halogens is 1. The summed E-state index contributed by atoms with van der Waals surface area (Å²) in [5.74, 6) is 0.430. The summed E-state index contributed by atoms with van der Waals surface area (Å²) in [6.07, 6.45) is -1.20. The largest absolute Gasteiger partial charge is 0.490 e. The van der Waals surface area contributed by atoms with Crippen molar-refractivity contribution in [2.24, 2.45) is 0 Å². The average molecular weight is 306 g/mol. The van der Waals surface area contributed by atoms with E-state index in [1.54, 1.807) is 18.2 Å². The lowest BCUT2D eigenvalue weighted by Gasteiger charge is -2.13. The Morgan fingerprint density at radius 2 is 2.24 bits per heavy atom. The summed E-state index contributed by atoms with van der Waals surface area (Å²) in [6.45, 7) is -0.580. The van der Waals surface area contributed by atoms with Gasteiger partial charge in [0.1, 0.15) is 18.5 Å². The van der Waals surface area contributed by atoms with Crippen LogP contribution in [0.3, 0.4) is 0 Å². The van der Waals surface area contributed by atoms with Crippen molar-refractivity contribution in [1.29, 1.82) is 0 Å². The lowest BCUT2D eigenvalue weighted by atomic mass is 10.1. The van der Waals surface area contributed by atoms with Crippen molar-refractivity contribution in [3.63, 3.8) is 0 Å². The molecule has 1 atom stereocenters. The molecule has 0 aliphatic carbocycles. The van der Waals surface area contributed by atoms with Gasteiger partial charge in [-0.2, -0.15) is 0 Å². The van der Waals surface area contributed by atoms with Gasteiger partial charge in [-0.15, -0.1) is 0 Å². The molecule has 2 N–H and O–H groups in total. The first-order chi connectivity index (χ1) is 8.06. The van der Waals surface area contributed by atoms with Crippen molar-refractivity contribution < 1.29 is 19.9 Å². The Morgan fingerprint density at radius 3 is 2.82 bits per heavy atom. The van der Waals surface area contributed by atoms with E-state index in [2.05, 4.69) is 15.9 Å². The summed E-state index contributed by atoms with van der Waals surface area (Å²) in [5, 5.41) is 28.6. The van der Waals surface area contributed by atoms with Gasteiger partial charge in [-0.25, -0.2) is 0 Å². The maximum atomic E-state index is 10.3. The Bertz CT molecular complexity index is 398. The van der Waals surface area contributed by atoms with Crippen LogP contribution in [0.15, 0.2) is 22.7 Å². The van der Waals surface area contributed by atoms with E-state index in [-0.39, 0.29) is 13.2 Å². The van der Waals surface area contributed by atoms with E-state index >= 15 is 0 Å². The molecule has 0 amide bonds. The Balaban J connectivity index is 2.89. The SMILES string of the molecule is O=[N+]([O-])CC(O)c1cccc(OCCO)c1Br. The number of hydrogen-bond acceptors (Lipinski definition) is 5. The van der Waals surface area contributed by atoms with E-state index in [0.29, 0.717) is 15.8 Å². The van der Waals surface area contributed by atoms with Gasteiger partial charge in [-0.05, 0) is 22.0 Å². The molecule has 0 radical (unpaired) electrons. The van der Waals surface area contributed by atoms with Gasteiger partial charge in [0.2, 0.25) is 6.54 Å². The van der Waals surface area contributed by atoms with E-state index in [1.807, 2.05) is 0 Å². The highest BCUT2D eigenvalue weighted by atomic mass is 79.9. The molecule has 0 saturated carbocycles. The summed E-state index contributed by atoms with van der Waals surface area (Å²) in [7, 11) is 0. The third kappa shape index (κ3) is 3.95. The zero-order chi connectivity index (χ0) is 12.8. The molecule has 0 aromatic heterocycles. The van der Waals surface area contributed by atoms with Crippen LogP contribution in [-0.2, 0) is 0 Å². The number of hydrogen-bond donors (Lipinski definition) is 2. The first-order valence-corrected chi connectivity index (χ1v) is 5.67. The zero-order valence-electron chi connectivity index (χ0n) is 8.88. The Kier molecular flexibility index (Phi) is 5.33. The summed E-state index contributed by atoms with van der Waals surface area (Å²) >= 11 is 3.21. The van der Waals surface area contributed by atoms with Crippen molar-refractivity contribution in [3.05, 3.63) is 38.3 Å². The highest BCUT2D eigenvalue weighted by Gasteiger charge is 2.19. The lowest BCUT2D eigenvalue weighted by molar-refractivity contribution is -0.491. The number of nitrogens with zero attached hydrogens (tertiary/aromatic N) is 1. The van der Waals surface area contributed by atoms with E-state index < -0.39 is 17.6 Å².